The second kappa shape index (κ2) is 9.86. The van der Waals surface area contributed by atoms with Crippen LogP contribution in [0.3, 0.4) is 0 Å². The van der Waals surface area contributed by atoms with Crippen LogP contribution in [-0.2, 0) is 0 Å². The molecule has 0 spiro atoms. The van der Waals surface area contributed by atoms with Crippen molar-refractivity contribution in [2.24, 2.45) is 0 Å². The molecule has 1 aromatic rings. The highest BCUT2D eigenvalue weighted by molar-refractivity contribution is 5.92. The summed E-state index contributed by atoms with van der Waals surface area (Å²) in [5, 5.41) is 9.97. The van der Waals surface area contributed by atoms with Crippen LogP contribution in [0.25, 0.3) is 0 Å². The molecule has 0 fully saturated rings. The van der Waals surface area contributed by atoms with Gasteiger partial charge in [0.05, 0.1) is 5.56 Å². The van der Waals surface area contributed by atoms with Crippen LogP contribution in [0.2, 0.25) is 0 Å². The van der Waals surface area contributed by atoms with Gasteiger partial charge in [-0.3, -0.25) is 0 Å². The van der Waals surface area contributed by atoms with E-state index in [1.54, 1.807) is 0 Å². The number of carbonyl (C=O) groups is 1. The molecule has 0 aliphatic rings. The highest BCUT2D eigenvalue weighted by atomic mass is 16.4. The summed E-state index contributed by atoms with van der Waals surface area (Å²) in [5.41, 5.74) is 4.07. The fourth-order valence-corrected chi connectivity index (χ4v) is 4.06. The summed E-state index contributed by atoms with van der Waals surface area (Å²) < 4.78 is 0. The molecule has 0 heterocycles. The zero-order chi connectivity index (χ0) is 18.3. The summed E-state index contributed by atoms with van der Waals surface area (Å²) in [4.78, 5) is 12.1. The monoisotopic (exact) mass is 332 g/mol. The molecule has 24 heavy (non-hydrogen) atoms. The zero-order valence-electron chi connectivity index (χ0n) is 16.5. The number of carboxylic acids is 1. The summed E-state index contributed by atoms with van der Waals surface area (Å²) in [7, 11) is 0. The van der Waals surface area contributed by atoms with Crippen molar-refractivity contribution in [3.8, 4) is 0 Å². The Labute approximate surface area is 148 Å². The molecule has 0 saturated heterocycles. The number of rotatable bonds is 10. The van der Waals surface area contributed by atoms with Crippen LogP contribution in [-0.4, -0.2) is 11.1 Å². The minimum absolute atomic E-state index is 0.332. The first-order valence-corrected chi connectivity index (χ1v) is 9.89. The second-order valence-corrected chi connectivity index (χ2v) is 6.92. The lowest BCUT2D eigenvalue weighted by Gasteiger charge is -2.26. The molecule has 0 aliphatic carbocycles. The van der Waals surface area contributed by atoms with Crippen molar-refractivity contribution in [1.29, 1.82) is 0 Å². The Morgan fingerprint density at radius 1 is 0.750 bits per heavy atom. The molecule has 1 aromatic carbocycles. The topological polar surface area (TPSA) is 37.3 Å². The van der Waals surface area contributed by atoms with E-state index in [1.807, 2.05) is 0 Å². The zero-order valence-corrected chi connectivity index (χ0v) is 16.5. The average molecular weight is 333 g/mol. The molecule has 136 valence electrons. The number of hydrogen-bond acceptors (Lipinski definition) is 1. The molecule has 0 radical (unpaired) electrons. The first-order valence-electron chi connectivity index (χ1n) is 9.89. The van der Waals surface area contributed by atoms with Crippen molar-refractivity contribution >= 4 is 5.97 Å². The molecule has 1 rings (SSSR count). The maximum atomic E-state index is 12.1. The van der Waals surface area contributed by atoms with Gasteiger partial charge in [0.2, 0.25) is 0 Å². The Morgan fingerprint density at radius 3 is 1.33 bits per heavy atom. The molecule has 0 bridgehead atoms. The van der Waals surface area contributed by atoms with E-state index >= 15 is 0 Å². The Bertz CT molecular complexity index is 488. The fourth-order valence-electron chi connectivity index (χ4n) is 4.06. The van der Waals surface area contributed by atoms with Crippen molar-refractivity contribution < 1.29 is 9.90 Å². The van der Waals surface area contributed by atoms with Gasteiger partial charge < -0.3 is 5.11 Å². The molecule has 0 saturated carbocycles. The smallest absolute Gasteiger partial charge is 0.336 e. The van der Waals surface area contributed by atoms with Gasteiger partial charge >= 0.3 is 5.97 Å². The molecular weight excluding hydrogens is 296 g/mol. The first kappa shape index (κ1) is 20.7. The molecule has 0 atom stereocenters. The number of hydrogen-bond donors (Lipinski definition) is 1. The Balaban J connectivity index is 3.72. The van der Waals surface area contributed by atoms with Crippen LogP contribution in [0.1, 0.15) is 125 Å². The quantitative estimate of drug-likeness (QED) is 0.496. The van der Waals surface area contributed by atoms with E-state index in [2.05, 4.69) is 53.7 Å². The molecule has 2 nitrogen and oxygen atoms in total. The maximum Gasteiger partial charge on any atom is 0.336 e. The van der Waals surface area contributed by atoms with Crippen LogP contribution in [0.4, 0.5) is 0 Å². The van der Waals surface area contributed by atoms with E-state index in [9.17, 15) is 9.90 Å². The van der Waals surface area contributed by atoms with Gasteiger partial charge in [-0.1, -0.05) is 53.7 Å². The average Bonchev–Trinajstić information content (AvgIpc) is 2.58. The van der Waals surface area contributed by atoms with Gasteiger partial charge in [-0.15, -0.1) is 0 Å². The van der Waals surface area contributed by atoms with E-state index in [4.69, 9.17) is 0 Å². The third-order valence-electron chi connectivity index (χ3n) is 5.74. The maximum absolute atomic E-state index is 12.1. The molecule has 0 unspecified atom stereocenters. The van der Waals surface area contributed by atoms with Crippen LogP contribution in [0.5, 0.6) is 0 Å². The van der Waals surface area contributed by atoms with Gasteiger partial charge in [0.25, 0.3) is 0 Å². The second-order valence-electron chi connectivity index (χ2n) is 6.92. The molecular formula is C22H36O2. The van der Waals surface area contributed by atoms with Gasteiger partial charge in [0.1, 0.15) is 0 Å². The van der Waals surface area contributed by atoms with Crippen molar-refractivity contribution in [3.63, 3.8) is 0 Å². The molecule has 2 heteroatoms. The predicted octanol–water partition coefficient (Wildman–Crippen LogP) is 7.10. The number of aromatic carboxylic acids is 1. The van der Waals surface area contributed by atoms with Gasteiger partial charge in [0, 0.05) is 0 Å². The van der Waals surface area contributed by atoms with Gasteiger partial charge in [-0.25, -0.2) is 4.79 Å². The van der Waals surface area contributed by atoms with E-state index in [0.717, 1.165) is 49.7 Å². The lowest BCUT2D eigenvalue weighted by atomic mass is 9.78. The summed E-state index contributed by atoms with van der Waals surface area (Å²) >= 11 is 0. The van der Waals surface area contributed by atoms with Crippen LogP contribution >= 0.6 is 0 Å². The minimum Gasteiger partial charge on any atom is -0.478 e. The van der Waals surface area contributed by atoms with Crippen molar-refractivity contribution in [3.05, 3.63) is 34.4 Å². The van der Waals surface area contributed by atoms with Gasteiger partial charge in [-0.05, 0) is 73.0 Å². The van der Waals surface area contributed by atoms with E-state index in [0.29, 0.717) is 23.3 Å². The summed E-state index contributed by atoms with van der Waals surface area (Å²) in [6, 6.07) is 4.43. The minimum atomic E-state index is -0.755. The SMILES string of the molecule is CCC(CC)c1cc(C(CC)CC)c(C(=O)O)c(C(CC)CC)c1. The van der Waals surface area contributed by atoms with Crippen LogP contribution < -0.4 is 0 Å². The van der Waals surface area contributed by atoms with Crippen molar-refractivity contribution in [1.82, 2.24) is 0 Å². The van der Waals surface area contributed by atoms with Crippen LogP contribution in [0, 0.1) is 0 Å². The standard InChI is InChI=1S/C22H36O2/c1-7-15(8-2)18-13-19(16(9-3)10-4)21(22(23)24)20(14-18)17(11-5)12-6/h13-17H,7-12H2,1-6H3,(H,23,24). The number of carboxylic acid groups (broad SMARTS) is 1. The van der Waals surface area contributed by atoms with E-state index < -0.39 is 5.97 Å². The summed E-state index contributed by atoms with van der Waals surface area (Å²) in [6.07, 6.45) is 6.18. The first-order chi connectivity index (χ1) is 11.5. The predicted molar refractivity (Wildman–Crippen MR) is 103 cm³/mol. The molecule has 0 aromatic heterocycles. The Kier molecular flexibility index (Phi) is 8.52. The summed E-state index contributed by atoms with van der Waals surface area (Å²) in [6.45, 7) is 13.1. The Morgan fingerprint density at radius 2 is 1.08 bits per heavy atom. The van der Waals surface area contributed by atoms with Crippen LogP contribution in [0.15, 0.2) is 12.1 Å². The van der Waals surface area contributed by atoms with E-state index in [-0.39, 0.29) is 0 Å². The highest BCUT2D eigenvalue weighted by Gasteiger charge is 2.26. The number of benzene rings is 1. The summed E-state index contributed by atoms with van der Waals surface area (Å²) in [5.74, 6) is 0.431. The normalized spacial score (nSPS) is 11.7. The van der Waals surface area contributed by atoms with Crippen molar-refractivity contribution in [2.45, 2.75) is 97.8 Å². The third kappa shape index (κ3) is 4.40. The lowest BCUT2D eigenvalue weighted by molar-refractivity contribution is 0.0693. The van der Waals surface area contributed by atoms with E-state index in [1.165, 1.54) is 5.56 Å². The largest absolute Gasteiger partial charge is 0.478 e. The highest BCUT2D eigenvalue weighted by Crippen LogP contribution is 2.38. The Hall–Kier alpha value is -1.31. The fraction of sp³-hybridized carbons (Fsp3) is 0.682. The molecule has 0 amide bonds. The molecule has 0 aliphatic heterocycles. The lowest BCUT2D eigenvalue weighted by Crippen LogP contribution is -2.15. The third-order valence-corrected chi connectivity index (χ3v) is 5.74. The van der Waals surface area contributed by atoms with Gasteiger partial charge in [0.15, 0.2) is 0 Å². The van der Waals surface area contributed by atoms with Crippen molar-refractivity contribution in [2.75, 3.05) is 0 Å². The van der Waals surface area contributed by atoms with Gasteiger partial charge in [-0.2, -0.15) is 0 Å². The molecule has 1 N–H and O–H groups in total.